The van der Waals surface area contributed by atoms with Crippen LogP contribution >= 0.6 is 48.8 Å². The quantitative estimate of drug-likeness (QED) is 0.633. The molecule has 2 heterocycles. The molecular formula is C14H25NO2S4. The average molecular weight is 368 g/mol. The van der Waals surface area contributed by atoms with E-state index < -0.39 is 9.87 Å². The largest absolute Gasteiger partial charge is 0.355 e. The highest BCUT2D eigenvalue weighted by atomic mass is 32.2. The Morgan fingerprint density at radius 3 is 2.10 bits per heavy atom. The van der Waals surface area contributed by atoms with Crippen molar-refractivity contribution in [1.82, 2.24) is 5.48 Å². The summed E-state index contributed by atoms with van der Waals surface area (Å²) in [5.41, 5.74) is 2.78. The predicted molar refractivity (Wildman–Crippen MR) is 99.6 cm³/mol. The van der Waals surface area contributed by atoms with Gasteiger partial charge in [-0.2, -0.15) is 5.48 Å². The smallest absolute Gasteiger partial charge is 0.201 e. The normalized spacial score (nSPS) is 32.0. The Bertz CT molecular complexity index is 444. The fraction of sp³-hybridized carbons (Fsp3) is 0.857. The van der Waals surface area contributed by atoms with Crippen LogP contribution in [0.4, 0.5) is 0 Å². The van der Waals surface area contributed by atoms with Gasteiger partial charge < -0.3 is 4.74 Å². The van der Waals surface area contributed by atoms with Gasteiger partial charge in [0.1, 0.15) is 5.60 Å². The zero-order chi connectivity index (χ0) is 16.1. The Morgan fingerprint density at radius 1 is 1.24 bits per heavy atom. The molecule has 0 aromatic heterocycles. The molecule has 0 aromatic carbocycles. The first-order valence-electron chi connectivity index (χ1n) is 6.95. The van der Waals surface area contributed by atoms with Crippen LogP contribution in [0.3, 0.4) is 0 Å². The monoisotopic (exact) mass is 367 g/mol. The fourth-order valence-corrected chi connectivity index (χ4v) is 7.00. The predicted octanol–water partition coefficient (Wildman–Crippen LogP) is 4.63. The van der Waals surface area contributed by atoms with Crippen LogP contribution in [0.1, 0.15) is 47.5 Å². The number of ether oxygens (including phenoxy) is 1. The molecule has 0 aliphatic carbocycles. The molecule has 0 saturated carbocycles. The van der Waals surface area contributed by atoms with E-state index in [1.165, 1.54) is 0 Å². The van der Waals surface area contributed by atoms with E-state index in [2.05, 4.69) is 65.4 Å². The van der Waals surface area contributed by atoms with E-state index in [0.29, 0.717) is 0 Å². The number of hydrogen-bond donors (Lipinski definition) is 3. The summed E-state index contributed by atoms with van der Waals surface area (Å²) < 4.78 is 7.22. The Balaban J connectivity index is 2.41. The van der Waals surface area contributed by atoms with Gasteiger partial charge in [0, 0.05) is 19.1 Å². The van der Waals surface area contributed by atoms with Crippen molar-refractivity contribution >= 4 is 48.8 Å². The summed E-state index contributed by atoms with van der Waals surface area (Å²) in [4.78, 5) is 6.20. The maximum absolute atomic E-state index is 6.20. The van der Waals surface area contributed by atoms with E-state index in [9.17, 15) is 0 Å². The standard InChI is InChI=1S/C14H25NO2S4/c1-11(2,3)7-13(8-12(4,5)15-17-13)14(16-6)20-9(18)10(19)21-14/h15,18-19H,7-8H2,1-6H3. The molecule has 0 amide bonds. The van der Waals surface area contributed by atoms with Gasteiger partial charge in [0.15, 0.2) is 0 Å². The number of methoxy groups -OCH3 is 1. The topological polar surface area (TPSA) is 30.5 Å². The minimum absolute atomic E-state index is 0.0893. The Kier molecular flexibility index (Phi) is 5.10. The third-order valence-electron chi connectivity index (χ3n) is 3.54. The molecule has 122 valence electrons. The summed E-state index contributed by atoms with van der Waals surface area (Å²) in [6, 6.07) is 0. The highest BCUT2D eigenvalue weighted by molar-refractivity contribution is 8.34. The molecule has 0 aromatic rings. The molecule has 1 fully saturated rings. The van der Waals surface area contributed by atoms with Crippen LogP contribution in [0.25, 0.3) is 0 Å². The summed E-state index contributed by atoms with van der Waals surface area (Å²) in [7, 11) is 1.74. The molecule has 1 atom stereocenters. The molecule has 1 unspecified atom stereocenters. The van der Waals surface area contributed by atoms with E-state index >= 15 is 0 Å². The van der Waals surface area contributed by atoms with E-state index in [4.69, 9.17) is 9.57 Å². The van der Waals surface area contributed by atoms with Crippen LogP contribution in [-0.2, 0) is 9.57 Å². The summed E-state index contributed by atoms with van der Waals surface area (Å²) >= 11 is 12.3. The van der Waals surface area contributed by atoms with Crippen LogP contribution in [0.15, 0.2) is 8.47 Å². The van der Waals surface area contributed by atoms with Gasteiger partial charge in [0.2, 0.25) is 4.27 Å². The molecule has 1 N–H and O–H groups in total. The summed E-state index contributed by atoms with van der Waals surface area (Å²) in [5, 5.41) is 0. The average Bonchev–Trinajstić information content (AvgIpc) is 2.77. The lowest BCUT2D eigenvalue weighted by molar-refractivity contribution is -0.137. The number of thiol groups is 2. The molecule has 0 radical (unpaired) electrons. The number of hydrogen-bond acceptors (Lipinski definition) is 7. The van der Waals surface area contributed by atoms with Crippen molar-refractivity contribution < 1.29 is 9.57 Å². The van der Waals surface area contributed by atoms with Gasteiger partial charge in [-0.1, -0.05) is 44.3 Å². The van der Waals surface area contributed by atoms with Crippen LogP contribution in [0, 0.1) is 5.41 Å². The van der Waals surface area contributed by atoms with Crippen LogP contribution in [0.2, 0.25) is 0 Å². The van der Waals surface area contributed by atoms with Crippen LogP contribution in [-0.4, -0.2) is 22.5 Å². The molecule has 3 nitrogen and oxygen atoms in total. The molecular weight excluding hydrogens is 342 g/mol. The number of hydroxylamine groups is 1. The van der Waals surface area contributed by atoms with Gasteiger partial charge in [-0.15, -0.1) is 25.3 Å². The Hall–Kier alpha value is 1.02. The first kappa shape index (κ1) is 18.4. The minimum atomic E-state index is -0.560. The van der Waals surface area contributed by atoms with E-state index in [-0.39, 0.29) is 11.0 Å². The van der Waals surface area contributed by atoms with Gasteiger partial charge in [0.25, 0.3) is 0 Å². The molecule has 2 aliphatic heterocycles. The Labute approximate surface area is 147 Å². The number of thioether (sulfide) groups is 2. The lowest BCUT2D eigenvalue weighted by Crippen LogP contribution is -2.52. The van der Waals surface area contributed by atoms with Gasteiger partial charge in [-0.25, -0.2) is 0 Å². The van der Waals surface area contributed by atoms with Gasteiger partial charge in [0.05, 0.1) is 8.47 Å². The van der Waals surface area contributed by atoms with Crippen molar-refractivity contribution in [2.24, 2.45) is 5.41 Å². The molecule has 7 heteroatoms. The summed E-state index contributed by atoms with van der Waals surface area (Å²) in [6.45, 7) is 11.0. The minimum Gasteiger partial charge on any atom is -0.355 e. The lowest BCUT2D eigenvalue weighted by Gasteiger charge is -2.45. The van der Waals surface area contributed by atoms with E-state index in [0.717, 1.165) is 21.3 Å². The fourth-order valence-electron chi connectivity index (χ4n) is 3.07. The first-order chi connectivity index (χ1) is 9.44. The second kappa shape index (κ2) is 5.83. The second-order valence-electron chi connectivity index (χ2n) is 7.57. The van der Waals surface area contributed by atoms with Crippen LogP contribution < -0.4 is 5.48 Å². The van der Waals surface area contributed by atoms with Crippen molar-refractivity contribution in [3.63, 3.8) is 0 Å². The zero-order valence-electron chi connectivity index (χ0n) is 13.4. The highest BCUT2D eigenvalue weighted by Crippen LogP contribution is 2.66. The van der Waals surface area contributed by atoms with Crippen LogP contribution in [0.5, 0.6) is 0 Å². The summed E-state index contributed by atoms with van der Waals surface area (Å²) in [6.07, 6.45) is 1.75. The third-order valence-corrected chi connectivity index (χ3v) is 8.05. The molecule has 0 spiro atoms. The highest BCUT2D eigenvalue weighted by Gasteiger charge is 2.64. The van der Waals surface area contributed by atoms with Gasteiger partial charge in [-0.3, -0.25) is 4.84 Å². The number of nitrogens with one attached hydrogen (secondary N) is 1. The van der Waals surface area contributed by atoms with Crippen molar-refractivity contribution in [1.29, 1.82) is 0 Å². The molecule has 1 saturated heterocycles. The van der Waals surface area contributed by atoms with Crippen molar-refractivity contribution in [2.45, 2.75) is 62.9 Å². The summed E-state index contributed by atoms with van der Waals surface area (Å²) in [5.74, 6) is 0. The van der Waals surface area contributed by atoms with Gasteiger partial charge >= 0.3 is 0 Å². The Morgan fingerprint density at radius 2 is 1.76 bits per heavy atom. The first-order valence-corrected chi connectivity index (χ1v) is 9.48. The SMILES string of the molecule is COC1(C2(CC(C)(C)C)CC(C)(C)NO2)SC(S)=C(S)S1. The second-order valence-corrected chi connectivity index (χ2v) is 11.7. The van der Waals surface area contributed by atoms with Crippen molar-refractivity contribution in [2.75, 3.05) is 7.11 Å². The van der Waals surface area contributed by atoms with E-state index in [1.807, 2.05) is 0 Å². The zero-order valence-corrected chi connectivity index (χ0v) is 16.9. The van der Waals surface area contributed by atoms with Crippen molar-refractivity contribution in [3.8, 4) is 0 Å². The molecule has 2 rings (SSSR count). The molecule has 2 aliphatic rings. The van der Waals surface area contributed by atoms with Crippen molar-refractivity contribution in [3.05, 3.63) is 8.47 Å². The maximum Gasteiger partial charge on any atom is 0.201 e. The molecule has 21 heavy (non-hydrogen) atoms. The molecule has 0 bridgehead atoms. The third kappa shape index (κ3) is 3.59. The maximum atomic E-state index is 6.20. The van der Waals surface area contributed by atoms with Gasteiger partial charge in [-0.05, 0) is 25.7 Å². The van der Waals surface area contributed by atoms with E-state index in [1.54, 1.807) is 30.6 Å². The number of rotatable bonds is 3. The lowest BCUT2D eigenvalue weighted by atomic mass is 9.77.